The van der Waals surface area contributed by atoms with Gasteiger partial charge in [-0.15, -0.1) is 0 Å². The van der Waals surface area contributed by atoms with Gasteiger partial charge in [0.2, 0.25) is 0 Å². The number of amides is 4. The monoisotopic (exact) mass is 734 g/mol. The summed E-state index contributed by atoms with van der Waals surface area (Å²) in [4.78, 5) is 63.9. The second-order valence-electron chi connectivity index (χ2n) is 14.1. The van der Waals surface area contributed by atoms with Crippen LogP contribution in [-0.2, 0) is 9.53 Å². The van der Waals surface area contributed by atoms with Crippen LogP contribution in [0.15, 0.2) is 78.9 Å². The van der Waals surface area contributed by atoms with Gasteiger partial charge in [-0.1, -0.05) is 70.2 Å². The number of carbonyl (C=O) groups is 5. The van der Waals surface area contributed by atoms with Gasteiger partial charge in [-0.2, -0.15) is 0 Å². The van der Waals surface area contributed by atoms with Crippen molar-refractivity contribution in [1.29, 1.82) is 0 Å². The van der Waals surface area contributed by atoms with Crippen LogP contribution in [0.5, 0.6) is 11.5 Å². The van der Waals surface area contributed by atoms with Crippen LogP contribution in [0.3, 0.4) is 0 Å². The van der Waals surface area contributed by atoms with E-state index in [0.717, 1.165) is 33.1 Å². The Labute approximate surface area is 318 Å². The Kier molecular flexibility index (Phi) is 13.2. The fourth-order valence-corrected chi connectivity index (χ4v) is 6.63. The largest absolute Gasteiger partial charge is 0.496 e. The highest BCUT2D eigenvalue weighted by Gasteiger charge is 2.43. The lowest BCUT2D eigenvalue weighted by Gasteiger charge is -2.31. The molecule has 0 saturated heterocycles. The van der Waals surface area contributed by atoms with Crippen LogP contribution in [0.2, 0.25) is 0 Å². The van der Waals surface area contributed by atoms with Gasteiger partial charge in [0.25, 0.3) is 23.6 Å². The Balaban J connectivity index is 0.000000197. The van der Waals surface area contributed by atoms with Crippen molar-refractivity contribution in [2.24, 2.45) is 11.8 Å². The summed E-state index contributed by atoms with van der Waals surface area (Å²) in [6.07, 6.45) is -0.870. The number of nitrogens with zero attached hydrogens (tertiary/aromatic N) is 2. The van der Waals surface area contributed by atoms with Gasteiger partial charge in [0.15, 0.2) is 6.23 Å². The Morgan fingerprint density at radius 2 is 1.00 bits per heavy atom. The van der Waals surface area contributed by atoms with Crippen molar-refractivity contribution in [2.75, 3.05) is 14.2 Å². The van der Waals surface area contributed by atoms with Crippen molar-refractivity contribution in [2.45, 2.75) is 74.6 Å². The lowest BCUT2D eigenvalue weighted by Crippen LogP contribution is -2.45. The Bertz CT molecular complexity index is 2000. The van der Waals surface area contributed by atoms with Crippen LogP contribution < -0.4 is 9.47 Å². The highest BCUT2D eigenvalue weighted by molar-refractivity contribution is 6.22. The van der Waals surface area contributed by atoms with Crippen LogP contribution in [0.4, 0.5) is 0 Å². The first-order valence-corrected chi connectivity index (χ1v) is 17.9. The second kappa shape index (κ2) is 17.4. The number of rotatable bonds is 8. The zero-order valence-electron chi connectivity index (χ0n) is 33.0. The van der Waals surface area contributed by atoms with Gasteiger partial charge in [0.1, 0.15) is 11.5 Å². The van der Waals surface area contributed by atoms with Crippen LogP contribution >= 0.6 is 0 Å². The molecule has 2 aliphatic rings. The highest BCUT2D eigenvalue weighted by atomic mass is 16.6. The number of imide groups is 2. The molecule has 0 aromatic heterocycles. The number of hydrogen-bond donors (Lipinski definition) is 0. The first-order valence-electron chi connectivity index (χ1n) is 17.9. The van der Waals surface area contributed by atoms with Crippen molar-refractivity contribution in [1.82, 2.24) is 9.80 Å². The van der Waals surface area contributed by atoms with Crippen LogP contribution in [0.25, 0.3) is 0 Å². The summed E-state index contributed by atoms with van der Waals surface area (Å²) < 4.78 is 15.6. The second-order valence-corrected chi connectivity index (χ2v) is 14.1. The Hall–Kier alpha value is -5.77. The first kappa shape index (κ1) is 41.0. The predicted octanol–water partition coefficient (Wildman–Crippen LogP) is 8.45. The van der Waals surface area contributed by atoms with Crippen LogP contribution in [0.1, 0.15) is 110 Å². The Morgan fingerprint density at radius 1 is 0.556 bits per heavy atom. The maximum absolute atomic E-state index is 12.9. The van der Waals surface area contributed by atoms with Crippen molar-refractivity contribution in [3.63, 3.8) is 0 Å². The van der Waals surface area contributed by atoms with Gasteiger partial charge >= 0.3 is 5.97 Å². The molecule has 2 aliphatic heterocycles. The third kappa shape index (κ3) is 8.54. The molecule has 0 saturated carbocycles. The minimum absolute atomic E-state index is 0.0914. The molecular weight excluding hydrogens is 684 g/mol. The number of benzene rings is 4. The maximum atomic E-state index is 12.9. The summed E-state index contributed by atoms with van der Waals surface area (Å²) in [5.74, 6) is -0.0818. The van der Waals surface area contributed by atoms with Crippen molar-refractivity contribution in [3.8, 4) is 11.5 Å². The van der Waals surface area contributed by atoms with Crippen LogP contribution in [0, 0.1) is 39.5 Å². The summed E-state index contributed by atoms with van der Waals surface area (Å²) in [7, 11) is 3.34. The molecule has 4 aromatic rings. The molecule has 10 heteroatoms. The molecule has 2 unspecified atom stereocenters. The van der Waals surface area contributed by atoms with E-state index in [1.807, 2.05) is 52.8 Å². The van der Waals surface area contributed by atoms with Gasteiger partial charge in [-0.25, -0.2) is 4.90 Å². The average molecular weight is 735 g/mol. The lowest BCUT2D eigenvalue weighted by atomic mass is 9.89. The minimum Gasteiger partial charge on any atom is -0.496 e. The van der Waals surface area contributed by atoms with E-state index in [9.17, 15) is 24.0 Å². The average Bonchev–Trinajstić information content (AvgIpc) is 3.54. The molecule has 0 N–H and O–H groups in total. The SMILES string of the molecule is CC(=O)OC(C(C)C)N1C(=O)c2ccccc2C1=O.COc1cc(C)c(C(C(C)C)N2C(=O)c3ccccc3C2=O)cc1C.COc1cc(C)ccc1C. The molecule has 6 rings (SSSR count). The smallest absolute Gasteiger partial charge is 0.304 e. The molecule has 284 valence electrons. The highest BCUT2D eigenvalue weighted by Crippen LogP contribution is 2.39. The van der Waals surface area contributed by atoms with E-state index in [1.165, 1.54) is 23.0 Å². The molecule has 0 fully saturated rings. The summed E-state index contributed by atoms with van der Waals surface area (Å²) >= 11 is 0. The molecule has 10 nitrogen and oxygen atoms in total. The van der Waals surface area contributed by atoms with Gasteiger partial charge < -0.3 is 14.2 Å². The molecule has 0 aliphatic carbocycles. The molecule has 54 heavy (non-hydrogen) atoms. The quantitative estimate of drug-likeness (QED) is 0.131. The predicted molar refractivity (Wildman–Crippen MR) is 207 cm³/mol. The van der Waals surface area contributed by atoms with E-state index in [0.29, 0.717) is 22.3 Å². The van der Waals surface area contributed by atoms with Gasteiger partial charge in [0.05, 0.1) is 42.5 Å². The summed E-state index contributed by atoms with van der Waals surface area (Å²) in [5, 5.41) is 0. The normalized spacial score (nSPS) is 14.2. The molecule has 4 aromatic carbocycles. The van der Waals surface area contributed by atoms with Gasteiger partial charge in [-0.05, 0) is 97.8 Å². The molecule has 0 radical (unpaired) electrons. The van der Waals surface area contributed by atoms with Crippen molar-refractivity contribution >= 4 is 29.6 Å². The standard InChI is InChI=1S/C21H23NO3.C14H15NO4.C9H12O/c1-12(2)19(17-10-14(4)18(25-5)11-13(17)3)22-20(23)15-8-6-7-9-16(15)21(22)24;1-8(2)14(19-9(3)16)15-12(17)10-6-4-5-7-11(10)13(15)18;1-7-4-5-8(2)9(6-7)10-3/h6-12,19H,1-5H3;4-8,14H,1-3H3;4-6H,1-3H3. The maximum Gasteiger partial charge on any atom is 0.304 e. The topological polar surface area (TPSA) is 120 Å². The van der Waals surface area contributed by atoms with E-state index in [2.05, 4.69) is 19.1 Å². The summed E-state index contributed by atoms with van der Waals surface area (Å²) in [6.45, 7) is 17.0. The number of ether oxygens (including phenoxy) is 3. The number of methoxy groups -OCH3 is 2. The van der Waals surface area contributed by atoms with E-state index < -0.39 is 24.0 Å². The van der Waals surface area contributed by atoms with E-state index in [1.54, 1.807) is 76.6 Å². The number of carbonyl (C=O) groups excluding carboxylic acids is 5. The molecular formula is C44H50N2O8. The molecule has 2 atom stereocenters. The van der Waals surface area contributed by atoms with Crippen molar-refractivity contribution < 1.29 is 38.2 Å². The fraction of sp³-hybridized carbons (Fsp3) is 0.341. The zero-order chi connectivity index (χ0) is 40.0. The first-order chi connectivity index (χ1) is 25.5. The summed E-state index contributed by atoms with van der Waals surface area (Å²) in [6, 6.07) is 23.5. The zero-order valence-corrected chi connectivity index (χ0v) is 33.0. The minimum atomic E-state index is -0.870. The number of aryl methyl sites for hydroxylation is 4. The fourth-order valence-electron chi connectivity index (χ4n) is 6.63. The third-order valence-corrected chi connectivity index (χ3v) is 9.34. The molecule has 0 bridgehead atoms. The van der Waals surface area contributed by atoms with E-state index >= 15 is 0 Å². The number of fused-ring (bicyclic) bond motifs is 2. The number of esters is 1. The van der Waals surface area contributed by atoms with E-state index in [4.69, 9.17) is 14.2 Å². The summed E-state index contributed by atoms with van der Waals surface area (Å²) in [5.41, 5.74) is 7.10. The molecule has 0 spiro atoms. The van der Waals surface area contributed by atoms with E-state index in [-0.39, 0.29) is 29.7 Å². The number of hydrogen-bond acceptors (Lipinski definition) is 8. The molecule has 4 amide bonds. The third-order valence-electron chi connectivity index (χ3n) is 9.34. The molecule has 2 heterocycles. The van der Waals surface area contributed by atoms with Crippen LogP contribution in [-0.4, -0.2) is 59.8 Å². The van der Waals surface area contributed by atoms with Crippen molar-refractivity contribution in [3.05, 3.63) is 129 Å². The van der Waals surface area contributed by atoms with Gasteiger partial charge in [0, 0.05) is 12.8 Å². The lowest BCUT2D eigenvalue weighted by molar-refractivity contribution is -0.155. The Morgan fingerprint density at radius 3 is 1.39 bits per heavy atom. The van der Waals surface area contributed by atoms with Gasteiger partial charge in [-0.3, -0.25) is 28.9 Å².